The summed E-state index contributed by atoms with van der Waals surface area (Å²) in [4.78, 5) is 7.48. The summed E-state index contributed by atoms with van der Waals surface area (Å²) in [5, 5.41) is 18.6. The number of fused-ring (bicyclic) bond motifs is 1. The molecule has 0 spiro atoms. The summed E-state index contributed by atoms with van der Waals surface area (Å²) < 4.78 is 0. The van der Waals surface area contributed by atoms with Crippen molar-refractivity contribution in [1.82, 2.24) is 9.97 Å². The normalized spacial score (nSPS) is 13.3. The Bertz CT molecular complexity index is 528. The maximum absolute atomic E-state index is 9.61. The maximum Gasteiger partial charge on any atom is 0.138 e. The van der Waals surface area contributed by atoms with Crippen molar-refractivity contribution in [3.8, 4) is 0 Å². The van der Waals surface area contributed by atoms with Crippen LogP contribution in [0, 0.1) is 27.7 Å². The van der Waals surface area contributed by atoms with E-state index in [0.29, 0.717) is 5.82 Å². The lowest BCUT2D eigenvalue weighted by molar-refractivity contribution is 0.0895. The number of nitrogens with zero attached hydrogens (tertiary/aromatic N) is 1. The monoisotopic (exact) mass is 234 g/mol. The van der Waals surface area contributed by atoms with Gasteiger partial charge in [-0.25, -0.2) is 4.98 Å². The van der Waals surface area contributed by atoms with Gasteiger partial charge in [-0.3, -0.25) is 0 Å². The van der Waals surface area contributed by atoms with Crippen LogP contribution in [0.1, 0.15) is 34.2 Å². The largest absolute Gasteiger partial charge is 0.393 e. The van der Waals surface area contributed by atoms with Crippen LogP contribution >= 0.6 is 0 Å². The number of aromatic nitrogens is 2. The number of benzene rings is 1. The molecule has 0 radical (unpaired) electrons. The Morgan fingerprint density at radius 3 is 2.24 bits per heavy atom. The highest BCUT2D eigenvalue weighted by Crippen LogP contribution is 2.28. The van der Waals surface area contributed by atoms with Crippen molar-refractivity contribution in [2.45, 2.75) is 33.8 Å². The minimum atomic E-state index is -0.943. The van der Waals surface area contributed by atoms with E-state index in [-0.39, 0.29) is 6.61 Å². The van der Waals surface area contributed by atoms with E-state index in [4.69, 9.17) is 5.11 Å². The molecule has 4 heteroatoms. The fourth-order valence-electron chi connectivity index (χ4n) is 2.11. The molecule has 0 bridgehead atoms. The summed E-state index contributed by atoms with van der Waals surface area (Å²) in [5.74, 6) is 0.429. The van der Waals surface area contributed by atoms with Gasteiger partial charge in [0.1, 0.15) is 11.9 Å². The Kier molecular flexibility index (Phi) is 2.93. The summed E-state index contributed by atoms with van der Waals surface area (Å²) in [5.41, 5.74) is 6.57. The lowest BCUT2D eigenvalue weighted by Crippen LogP contribution is -2.04. The molecule has 0 unspecified atom stereocenters. The molecule has 92 valence electrons. The molecule has 1 atom stereocenters. The topological polar surface area (TPSA) is 69.1 Å². The summed E-state index contributed by atoms with van der Waals surface area (Å²) in [6.45, 7) is 7.90. The Labute approximate surface area is 100 Å². The highest BCUT2D eigenvalue weighted by molar-refractivity contribution is 5.84. The van der Waals surface area contributed by atoms with Crippen LogP contribution in [0.5, 0.6) is 0 Å². The third-order valence-corrected chi connectivity index (χ3v) is 3.63. The number of hydrogen-bond donors (Lipinski definition) is 3. The minimum Gasteiger partial charge on any atom is -0.393 e. The molecule has 1 heterocycles. The van der Waals surface area contributed by atoms with Crippen LogP contribution in [-0.2, 0) is 0 Å². The third-order valence-electron chi connectivity index (χ3n) is 3.63. The predicted molar refractivity (Wildman–Crippen MR) is 67.1 cm³/mol. The fourth-order valence-corrected chi connectivity index (χ4v) is 2.11. The van der Waals surface area contributed by atoms with Gasteiger partial charge in [0.2, 0.25) is 0 Å². The third kappa shape index (κ3) is 1.73. The number of imidazole rings is 1. The van der Waals surface area contributed by atoms with Crippen LogP contribution in [0.4, 0.5) is 0 Å². The lowest BCUT2D eigenvalue weighted by Gasteiger charge is -2.09. The molecule has 2 aromatic rings. The molecule has 0 aliphatic heterocycles. The second-order valence-electron chi connectivity index (χ2n) is 4.54. The smallest absolute Gasteiger partial charge is 0.138 e. The number of hydrogen-bond acceptors (Lipinski definition) is 3. The van der Waals surface area contributed by atoms with Crippen LogP contribution < -0.4 is 0 Å². The zero-order valence-electron chi connectivity index (χ0n) is 10.6. The van der Waals surface area contributed by atoms with Gasteiger partial charge >= 0.3 is 0 Å². The average Bonchev–Trinajstić information content (AvgIpc) is 2.77. The molecule has 1 aromatic carbocycles. The lowest BCUT2D eigenvalue weighted by atomic mass is 9.98. The number of aliphatic hydroxyl groups is 2. The van der Waals surface area contributed by atoms with Gasteiger partial charge in [-0.15, -0.1) is 0 Å². The first-order valence-electron chi connectivity index (χ1n) is 5.72. The fraction of sp³-hybridized carbons (Fsp3) is 0.462. The zero-order chi connectivity index (χ0) is 12.7. The Morgan fingerprint density at radius 1 is 1.06 bits per heavy atom. The molecule has 1 aromatic heterocycles. The summed E-state index contributed by atoms with van der Waals surface area (Å²) in [7, 11) is 0. The standard InChI is InChI=1S/C13H18N2O2/c1-6-7(2)9(4)12-11(8(6)3)14-13(15-12)10(17)5-16/h10,16-17H,5H2,1-4H3,(H,14,15)/t10-/m0/s1. The van der Waals surface area contributed by atoms with E-state index in [2.05, 4.69) is 23.8 Å². The van der Waals surface area contributed by atoms with Crippen LogP contribution in [0.2, 0.25) is 0 Å². The zero-order valence-corrected chi connectivity index (χ0v) is 10.6. The maximum atomic E-state index is 9.61. The second-order valence-corrected chi connectivity index (χ2v) is 4.54. The van der Waals surface area contributed by atoms with Gasteiger partial charge < -0.3 is 15.2 Å². The van der Waals surface area contributed by atoms with Gasteiger partial charge in [0.15, 0.2) is 0 Å². The van der Waals surface area contributed by atoms with Gasteiger partial charge in [0.05, 0.1) is 17.6 Å². The summed E-state index contributed by atoms with van der Waals surface area (Å²) in [6, 6.07) is 0. The molecule has 0 saturated carbocycles. The molecule has 4 nitrogen and oxygen atoms in total. The van der Waals surface area contributed by atoms with E-state index < -0.39 is 6.10 Å². The number of aromatic amines is 1. The molecule has 2 rings (SSSR count). The number of rotatable bonds is 2. The van der Waals surface area contributed by atoms with Crippen molar-refractivity contribution in [3.63, 3.8) is 0 Å². The van der Waals surface area contributed by atoms with Crippen molar-refractivity contribution in [2.75, 3.05) is 6.61 Å². The Hall–Kier alpha value is -1.39. The molecular weight excluding hydrogens is 216 g/mol. The van der Waals surface area contributed by atoms with Gasteiger partial charge in [-0.2, -0.15) is 0 Å². The second kappa shape index (κ2) is 4.13. The number of nitrogens with one attached hydrogen (secondary N) is 1. The van der Waals surface area contributed by atoms with Gasteiger partial charge in [-0.05, 0) is 49.9 Å². The Balaban J connectivity index is 2.77. The molecule has 3 N–H and O–H groups in total. The van der Waals surface area contributed by atoms with E-state index in [1.165, 1.54) is 11.1 Å². The average molecular weight is 234 g/mol. The SMILES string of the molecule is Cc1c(C)c(C)c2[nH]c([C@@H](O)CO)nc2c1C. The van der Waals surface area contributed by atoms with Crippen molar-refractivity contribution < 1.29 is 10.2 Å². The van der Waals surface area contributed by atoms with Crippen LogP contribution in [0.15, 0.2) is 0 Å². The van der Waals surface area contributed by atoms with E-state index in [0.717, 1.165) is 22.2 Å². The van der Waals surface area contributed by atoms with E-state index in [1.807, 2.05) is 13.8 Å². The minimum absolute atomic E-state index is 0.324. The molecule has 0 fully saturated rings. The predicted octanol–water partition coefficient (Wildman–Crippen LogP) is 1.82. The van der Waals surface area contributed by atoms with Gasteiger partial charge in [0, 0.05) is 0 Å². The van der Waals surface area contributed by atoms with Gasteiger partial charge in [-0.1, -0.05) is 0 Å². The number of H-pyrrole nitrogens is 1. The highest BCUT2D eigenvalue weighted by atomic mass is 16.3. The molecule has 0 aliphatic carbocycles. The van der Waals surface area contributed by atoms with Crippen molar-refractivity contribution in [3.05, 3.63) is 28.1 Å². The number of aliphatic hydroxyl groups excluding tert-OH is 2. The first kappa shape index (κ1) is 12.1. The molecule has 0 aliphatic rings. The van der Waals surface area contributed by atoms with E-state index in [9.17, 15) is 5.11 Å². The Morgan fingerprint density at radius 2 is 1.65 bits per heavy atom. The van der Waals surface area contributed by atoms with Gasteiger partial charge in [0.25, 0.3) is 0 Å². The molecule has 0 saturated heterocycles. The van der Waals surface area contributed by atoms with Crippen molar-refractivity contribution in [1.29, 1.82) is 0 Å². The van der Waals surface area contributed by atoms with E-state index >= 15 is 0 Å². The first-order chi connectivity index (χ1) is 7.97. The van der Waals surface area contributed by atoms with Crippen LogP contribution in [0.3, 0.4) is 0 Å². The molecular formula is C13H18N2O2. The van der Waals surface area contributed by atoms with E-state index in [1.54, 1.807) is 0 Å². The van der Waals surface area contributed by atoms with Crippen LogP contribution in [-0.4, -0.2) is 26.8 Å². The highest BCUT2D eigenvalue weighted by Gasteiger charge is 2.16. The first-order valence-corrected chi connectivity index (χ1v) is 5.72. The molecule has 0 amide bonds. The number of aryl methyl sites for hydroxylation is 2. The van der Waals surface area contributed by atoms with Crippen LogP contribution in [0.25, 0.3) is 11.0 Å². The quantitative estimate of drug-likeness (QED) is 0.742. The van der Waals surface area contributed by atoms with Crippen molar-refractivity contribution >= 4 is 11.0 Å². The van der Waals surface area contributed by atoms with Crippen molar-refractivity contribution in [2.24, 2.45) is 0 Å². The summed E-state index contributed by atoms with van der Waals surface area (Å²) in [6.07, 6.45) is -0.943. The molecule has 17 heavy (non-hydrogen) atoms. The summed E-state index contributed by atoms with van der Waals surface area (Å²) >= 11 is 0.